The lowest BCUT2D eigenvalue weighted by molar-refractivity contribution is 0.259. The van der Waals surface area contributed by atoms with Crippen molar-refractivity contribution in [3.05, 3.63) is 35.6 Å². The van der Waals surface area contributed by atoms with Crippen LogP contribution in [-0.2, 0) is 0 Å². The third kappa shape index (κ3) is 4.89. The molecule has 2 aromatic heterocycles. The smallest absolute Gasteiger partial charge is 0.192 e. The number of benzene rings is 1. The molecule has 6 nitrogen and oxygen atoms in total. The van der Waals surface area contributed by atoms with Gasteiger partial charge in [0.15, 0.2) is 21.8 Å². The third-order valence-corrected chi connectivity index (χ3v) is 6.07. The summed E-state index contributed by atoms with van der Waals surface area (Å²) in [6.45, 7) is 6.10. The monoisotopic (exact) mass is 421 g/mol. The molecule has 0 spiro atoms. The molecule has 9 heteroatoms. The van der Waals surface area contributed by atoms with E-state index in [1.54, 1.807) is 12.1 Å². The highest BCUT2D eigenvalue weighted by Crippen LogP contribution is 2.37. The molecule has 0 bridgehead atoms. The fraction of sp³-hybridized carbons (Fsp3) is 0.421. The van der Waals surface area contributed by atoms with Crippen LogP contribution < -0.4 is 11.1 Å². The van der Waals surface area contributed by atoms with E-state index in [2.05, 4.69) is 34.1 Å². The molecule has 1 aromatic carbocycles. The highest BCUT2D eigenvalue weighted by molar-refractivity contribution is 7.99. The molecular formula is C19H24FN5OS2. The van der Waals surface area contributed by atoms with Crippen molar-refractivity contribution in [1.29, 1.82) is 0 Å². The lowest BCUT2D eigenvalue weighted by Gasteiger charge is -2.19. The lowest BCUT2D eigenvalue weighted by Crippen LogP contribution is -2.26. The standard InChI is InChI=1S/C19H24FN5OS2/c1-10(2)8-12(9-26)22-16-15-17(23-18(21)28-15)25-19(24-16)27-11(3)13-6-4-5-7-14(13)20/h4-7,10-12,26H,8-9H2,1-3H3,(H3,21,22,23,24,25). The number of thiazole rings is 1. The number of thioether (sulfide) groups is 1. The molecule has 0 aliphatic heterocycles. The highest BCUT2D eigenvalue weighted by atomic mass is 32.2. The van der Waals surface area contributed by atoms with Crippen molar-refractivity contribution in [2.45, 2.75) is 43.6 Å². The van der Waals surface area contributed by atoms with Crippen molar-refractivity contribution in [3.63, 3.8) is 0 Å². The van der Waals surface area contributed by atoms with Crippen LogP contribution in [-0.4, -0.2) is 32.7 Å². The normalized spacial score (nSPS) is 13.8. The summed E-state index contributed by atoms with van der Waals surface area (Å²) in [6.07, 6.45) is 0.796. The molecule has 0 amide bonds. The zero-order valence-corrected chi connectivity index (χ0v) is 17.6. The van der Waals surface area contributed by atoms with E-state index in [0.717, 1.165) is 11.1 Å². The summed E-state index contributed by atoms with van der Waals surface area (Å²) in [5.41, 5.74) is 6.97. The minimum absolute atomic E-state index is 0.00787. The van der Waals surface area contributed by atoms with Crippen LogP contribution in [0.1, 0.15) is 38.0 Å². The fourth-order valence-electron chi connectivity index (χ4n) is 2.94. The number of anilines is 2. The zero-order valence-electron chi connectivity index (χ0n) is 16.0. The molecule has 0 aliphatic carbocycles. The predicted octanol–water partition coefficient (Wildman–Crippen LogP) is 4.48. The molecule has 2 atom stereocenters. The van der Waals surface area contributed by atoms with Crippen LogP contribution in [0, 0.1) is 11.7 Å². The Bertz CT molecular complexity index is 949. The molecule has 0 aliphatic rings. The van der Waals surface area contributed by atoms with E-state index in [9.17, 15) is 9.50 Å². The van der Waals surface area contributed by atoms with E-state index in [0.29, 0.717) is 33.2 Å². The van der Waals surface area contributed by atoms with Gasteiger partial charge in [-0.3, -0.25) is 0 Å². The van der Waals surface area contributed by atoms with Crippen molar-refractivity contribution >= 4 is 44.4 Å². The maximum absolute atomic E-state index is 14.1. The summed E-state index contributed by atoms with van der Waals surface area (Å²) in [6, 6.07) is 6.55. The van der Waals surface area contributed by atoms with E-state index in [1.807, 2.05) is 13.0 Å². The molecule has 0 fully saturated rings. The average molecular weight is 422 g/mol. The first-order chi connectivity index (χ1) is 13.4. The van der Waals surface area contributed by atoms with E-state index >= 15 is 0 Å². The number of halogens is 1. The van der Waals surface area contributed by atoms with E-state index in [4.69, 9.17) is 5.73 Å². The average Bonchev–Trinajstić information content (AvgIpc) is 3.01. The summed E-state index contributed by atoms with van der Waals surface area (Å²) in [4.78, 5) is 13.4. The van der Waals surface area contributed by atoms with E-state index in [1.165, 1.54) is 29.2 Å². The van der Waals surface area contributed by atoms with Crippen molar-refractivity contribution in [1.82, 2.24) is 15.0 Å². The highest BCUT2D eigenvalue weighted by Gasteiger charge is 2.19. The Hall–Kier alpha value is -1.97. The quantitative estimate of drug-likeness (QED) is 0.364. The van der Waals surface area contributed by atoms with Crippen molar-refractivity contribution < 1.29 is 9.50 Å². The van der Waals surface area contributed by atoms with Gasteiger partial charge in [-0.1, -0.05) is 55.1 Å². The van der Waals surface area contributed by atoms with Crippen molar-refractivity contribution in [2.75, 3.05) is 17.7 Å². The Morgan fingerprint density at radius 3 is 2.64 bits per heavy atom. The van der Waals surface area contributed by atoms with Crippen LogP contribution in [0.2, 0.25) is 0 Å². The summed E-state index contributed by atoms with van der Waals surface area (Å²) in [7, 11) is 0. The first-order valence-electron chi connectivity index (χ1n) is 9.10. The Balaban J connectivity index is 1.92. The number of aliphatic hydroxyl groups is 1. The zero-order chi connectivity index (χ0) is 20.3. The second-order valence-electron chi connectivity index (χ2n) is 6.99. The van der Waals surface area contributed by atoms with Crippen LogP contribution in [0.25, 0.3) is 10.3 Å². The van der Waals surface area contributed by atoms with Crippen LogP contribution in [0.5, 0.6) is 0 Å². The molecule has 0 saturated heterocycles. The molecule has 0 saturated carbocycles. The van der Waals surface area contributed by atoms with Gasteiger partial charge in [-0.15, -0.1) is 0 Å². The number of aromatic nitrogens is 3. The van der Waals surface area contributed by atoms with Gasteiger partial charge >= 0.3 is 0 Å². The Labute approximate surface area is 171 Å². The lowest BCUT2D eigenvalue weighted by atomic mass is 10.0. The van der Waals surface area contributed by atoms with E-state index in [-0.39, 0.29) is 23.7 Å². The Morgan fingerprint density at radius 1 is 1.21 bits per heavy atom. The van der Waals surface area contributed by atoms with Gasteiger partial charge in [0.1, 0.15) is 10.5 Å². The first-order valence-corrected chi connectivity index (χ1v) is 10.8. The van der Waals surface area contributed by atoms with Crippen LogP contribution in [0.15, 0.2) is 29.4 Å². The van der Waals surface area contributed by atoms with E-state index < -0.39 is 0 Å². The minimum Gasteiger partial charge on any atom is -0.394 e. The van der Waals surface area contributed by atoms with Crippen LogP contribution >= 0.6 is 23.1 Å². The summed E-state index contributed by atoms with van der Waals surface area (Å²) < 4.78 is 14.8. The number of nitrogens with two attached hydrogens (primary N) is 1. The molecular weight excluding hydrogens is 397 g/mol. The number of hydrogen-bond donors (Lipinski definition) is 3. The molecule has 2 unspecified atom stereocenters. The molecule has 28 heavy (non-hydrogen) atoms. The number of hydrogen-bond acceptors (Lipinski definition) is 8. The first kappa shape index (κ1) is 20.8. The Morgan fingerprint density at radius 2 is 1.96 bits per heavy atom. The number of fused-ring (bicyclic) bond motifs is 1. The largest absolute Gasteiger partial charge is 0.394 e. The summed E-state index contributed by atoms with van der Waals surface area (Å²) in [5.74, 6) is 0.766. The van der Waals surface area contributed by atoms with Crippen LogP contribution in [0.4, 0.5) is 15.3 Å². The number of nitrogens with zero attached hydrogens (tertiary/aromatic N) is 3. The topological polar surface area (TPSA) is 97.0 Å². The second kappa shape index (κ2) is 9.02. The molecule has 150 valence electrons. The molecule has 0 radical (unpaired) electrons. The maximum Gasteiger partial charge on any atom is 0.192 e. The SMILES string of the molecule is CC(C)CC(CO)Nc1nc(SC(C)c2ccccc2F)nc2nc(N)sc12. The van der Waals surface area contributed by atoms with Gasteiger partial charge in [-0.25, -0.2) is 19.3 Å². The van der Waals surface area contributed by atoms with Gasteiger partial charge in [0.05, 0.1) is 12.6 Å². The van der Waals surface area contributed by atoms with Gasteiger partial charge in [-0.2, -0.15) is 0 Å². The maximum atomic E-state index is 14.1. The number of nitrogens with one attached hydrogen (secondary N) is 1. The van der Waals surface area contributed by atoms with Gasteiger partial charge in [-0.05, 0) is 25.3 Å². The molecule has 3 aromatic rings. The summed E-state index contributed by atoms with van der Waals surface area (Å²) in [5, 5.41) is 13.7. The third-order valence-electron chi connectivity index (χ3n) is 4.19. The minimum atomic E-state index is -0.253. The number of rotatable bonds is 8. The number of aliphatic hydroxyl groups excluding tert-OH is 1. The van der Waals surface area contributed by atoms with Gasteiger partial charge in [0, 0.05) is 10.8 Å². The summed E-state index contributed by atoms with van der Waals surface area (Å²) >= 11 is 2.66. The predicted molar refractivity (Wildman–Crippen MR) is 114 cm³/mol. The van der Waals surface area contributed by atoms with Crippen LogP contribution in [0.3, 0.4) is 0 Å². The van der Waals surface area contributed by atoms with Gasteiger partial charge in [0.25, 0.3) is 0 Å². The fourth-order valence-corrected chi connectivity index (χ4v) is 4.58. The molecule has 4 N–H and O–H groups in total. The van der Waals surface area contributed by atoms with Gasteiger partial charge < -0.3 is 16.2 Å². The van der Waals surface area contributed by atoms with Crippen molar-refractivity contribution in [3.8, 4) is 0 Å². The van der Waals surface area contributed by atoms with Crippen molar-refractivity contribution in [2.24, 2.45) is 5.92 Å². The molecule has 3 rings (SSSR count). The van der Waals surface area contributed by atoms with Gasteiger partial charge in [0.2, 0.25) is 0 Å². The number of nitrogen functional groups attached to an aromatic ring is 1. The Kier molecular flexibility index (Phi) is 6.69. The second-order valence-corrected chi connectivity index (χ2v) is 9.33. The molecule has 2 heterocycles.